The first kappa shape index (κ1) is 9.90. The van der Waals surface area contributed by atoms with Gasteiger partial charge in [-0.2, -0.15) is 0 Å². The minimum atomic E-state index is -0.310. The van der Waals surface area contributed by atoms with Crippen molar-refractivity contribution in [3.05, 3.63) is 34.6 Å². The Morgan fingerprint density at radius 2 is 2.36 bits per heavy atom. The monoisotopic (exact) mass is 215 g/mol. The minimum Gasteiger partial charge on any atom is -0.378 e. The van der Waals surface area contributed by atoms with Crippen LogP contribution < -0.4 is 5.32 Å². The smallest absolute Gasteiger partial charge is 0.124 e. The maximum absolute atomic E-state index is 12.8. The molecule has 1 atom stereocenters. The lowest BCUT2D eigenvalue weighted by Crippen LogP contribution is -2.34. The zero-order chi connectivity index (χ0) is 9.97. The van der Waals surface area contributed by atoms with Crippen molar-refractivity contribution in [3.8, 4) is 0 Å². The zero-order valence-corrected chi connectivity index (χ0v) is 8.35. The molecular weight excluding hydrogens is 205 g/mol. The lowest BCUT2D eigenvalue weighted by atomic mass is 10.1. The number of ether oxygens (including phenoxy) is 1. The van der Waals surface area contributed by atoms with Crippen molar-refractivity contribution in [1.82, 2.24) is 5.32 Å². The summed E-state index contributed by atoms with van der Waals surface area (Å²) in [5.41, 5.74) is 0.896. The molecule has 1 aromatic carbocycles. The van der Waals surface area contributed by atoms with Gasteiger partial charge in [0.25, 0.3) is 0 Å². The fraction of sp³-hybridized carbons (Fsp3) is 0.400. The topological polar surface area (TPSA) is 21.3 Å². The van der Waals surface area contributed by atoms with E-state index in [1.54, 1.807) is 6.07 Å². The Bertz CT molecular complexity index is 326. The van der Waals surface area contributed by atoms with E-state index in [2.05, 4.69) is 5.32 Å². The standard InChI is InChI=1S/C10H11ClFNO/c11-9-5-7(12)1-2-8(9)10-6-14-4-3-13-10/h1-2,5,10,13H,3-4,6H2/t10-/m1/s1. The molecule has 1 aliphatic rings. The summed E-state index contributed by atoms with van der Waals surface area (Å²) in [6.45, 7) is 2.11. The maximum atomic E-state index is 12.8. The van der Waals surface area contributed by atoms with Gasteiger partial charge in [-0.05, 0) is 17.7 Å². The third kappa shape index (κ3) is 2.05. The highest BCUT2D eigenvalue weighted by Crippen LogP contribution is 2.25. The van der Waals surface area contributed by atoms with Crippen LogP contribution in [0.3, 0.4) is 0 Å². The molecule has 0 unspecified atom stereocenters. The Balaban J connectivity index is 2.22. The summed E-state index contributed by atoms with van der Waals surface area (Å²) in [5, 5.41) is 3.72. The highest BCUT2D eigenvalue weighted by molar-refractivity contribution is 6.31. The van der Waals surface area contributed by atoms with Crippen molar-refractivity contribution in [2.75, 3.05) is 19.8 Å². The number of hydrogen-bond acceptors (Lipinski definition) is 2. The molecule has 1 heterocycles. The van der Waals surface area contributed by atoms with Crippen LogP contribution in [-0.4, -0.2) is 19.8 Å². The summed E-state index contributed by atoms with van der Waals surface area (Å²) in [5.74, 6) is -0.310. The molecule has 1 fully saturated rings. The van der Waals surface area contributed by atoms with Crippen LogP contribution in [0.25, 0.3) is 0 Å². The second kappa shape index (κ2) is 4.26. The number of hydrogen-bond donors (Lipinski definition) is 1. The molecule has 0 spiro atoms. The second-order valence-corrected chi connectivity index (χ2v) is 3.65. The van der Waals surface area contributed by atoms with Crippen molar-refractivity contribution in [2.24, 2.45) is 0 Å². The fourth-order valence-corrected chi connectivity index (χ4v) is 1.85. The highest BCUT2D eigenvalue weighted by atomic mass is 35.5. The van der Waals surface area contributed by atoms with Crippen molar-refractivity contribution >= 4 is 11.6 Å². The summed E-state index contributed by atoms with van der Waals surface area (Å²) in [6, 6.07) is 4.52. The van der Waals surface area contributed by atoms with Gasteiger partial charge in [0.2, 0.25) is 0 Å². The molecular formula is C10H11ClFNO. The molecule has 1 N–H and O–H groups in total. The van der Waals surface area contributed by atoms with Crippen LogP contribution >= 0.6 is 11.6 Å². The lowest BCUT2D eigenvalue weighted by molar-refractivity contribution is 0.0769. The van der Waals surface area contributed by atoms with Crippen LogP contribution in [-0.2, 0) is 4.74 Å². The quantitative estimate of drug-likeness (QED) is 0.775. The molecule has 0 saturated carbocycles. The molecule has 1 aromatic rings. The van der Waals surface area contributed by atoms with Crippen LogP contribution in [0, 0.1) is 5.82 Å². The zero-order valence-electron chi connectivity index (χ0n) is 7.59. The number of nitrogens with one attached hydrogen (secondary N) is 1. The first-order chi connectivity index (χ1) is 6.77. The summed E-state index contributed by atoms with van der Waals surface area (Å²) in [4.78, 5) is 0. The van der Waals surface area contributed by atoms with Crippen LogP contribution in [0.4, 0.5) is 4.39 Å². The highest BCUT2D eigenvalue weighted by Gasteiger charge is 2.17. The Morgan fingerprint density at radius 3 is 3.00 bits per heavy atom. The van der Waals surface area contributed by atoms with Gasteiger partial charge in [0.05, 0.1) is 19.3 Å². The van der Waals surface area contributed by atoms with E-state index in [0.29, 0.717) is 11.6 Å². The van der Waals surface area contributed by atoms with E-state index in [1.165, 1.54) is 12.1 Å². The van der Waals surface area contributed by atoms with Gasteiger partial charge in [-0.15, -0.1) is 0 Å². The summed E-state index contributed by atoms with van der Waals surface area (Å²) in [6.07, 6.45) is 0. The van der Waals surface area contributed by atoms with E-state index in [1.807, 2.05) is 0 Å². The fourth-order valence-electron chi connectivity index (χ4n) is 1.55. The summed E-state index contributed by atoms with van der Waals surface area (Å²) >= 11 is 5.93. The Hall–Kier alpha value is -0.640. The molecule has 0 amide bonds. The third-order valence-corrected chi connectivity index (χ3v) is 2.59. The number of halogens is 2. The van der Waals surface area contributed by atoms with Gasteiger partial charge in [-0.25, -0.2) is 4.39 Å². The number of benzene rings is 1. The van der Waals surface area contributed by atoms with E-state index in [0.717, 1.165) is 18.7 Å². The van der Waals surface area contributed by atoms with Gasteiger partial charge < -0.3 is 10.1 Å². The first-order valence-corrected chi connectivity index (χ1v) is 4.91. The van der Waals surface area contributed by atoms with E-state index >= 15 is 0 Å². The second-order valence-electron chi connectivity index (χ2n) is 3.25. The van der Waals surface area contributed by atoms with Crippen molar-refractivity contribution in [1.29, 1.82) is 0 Å². The normalized spacial score (nSPS) is 22.3. The van der Waals surface area contributed by atoms with Crippen LogP contribution in [0.5, 0.6) is 0 Å². The van der Waals surface area contributed by atoms with Crippen molar-refractivity contribution in [2.45, 2.75) is 6.04 Å². The predicted octanol–water partition coefficient (Wildman–Crippen LogP) is 2.14. The first-order valence-electron chi connectivity index (χ1n) is 4.53. The van der Waals surface area contributed by atoms with E-state index in [9.17, 15) is 4.39 Å². The molecule has 0 radical (unpaired) electrons. The van der Waals surface area contributed by atoms with Crippen molar-refractivity contribution in [3.63, 3.8) is 0 Å². The maximum Gasteiger partial charge on any atom is 0.124 e. The van der Waals surface area contributed by atoms with Gasteiger partial charge in [0.15, 0.2) is 0 Å². The predicted molar refractivity (Wildman–Crippen MR) is 53.0 cm³/mol. The number of rotatable bonds is 1. The Kier molecular flexibility index (Phi) is 3.01. The van der Waals surface area contributed by atoms with Gasteiger partial charge in [-0.3, -0.25) is 0 Å². The summed E-state index contributed by atoms with van der Waals surface area (Å²) in [7, 11) is 0. The van der Waals surface area contributed by atoms with Gasteiger partial charge >= 0.3 is 0 Å². The van der Waals surface area contributed by atoms with Crippen LogP contribution in [0.2, 0.25) is 5.02 Å². The molecule has 14 heavy (non-hydrogen) atoms. The molecule has 0 bridgehead atoms. The SMILES string of the molecule is Fc1ccc([C@H]2COCCN2)c(Cl)c1. The van der Waals surface area contributed by atoms with E-state index in [4.69, 9.17) is 16.3 Å². The lowest BCUT2D eigenvalue weighted by Gasteiger charge is -2.24. The van der Waals surface area contributed by atoms with Gasteiger partial charge in [0.1, 0.15) is 5.82 Å². The number of morpholine rings is 1. The van der Waals surface area contributed by atoms with E-state index in [-0.39, 0.29) is 11.9 Å². The van der Waals surface area contributed by atoms with Crippen LogP contribution in [0.15, 0.2) is 18.2 Å². The molecule has 4 heteroatoms. The average molecular weight is 216 g/mol. The molecule has 76 valence electrons. The molecule has 0 aliphatic carbocycles. The third-order valence-electron chi connectivity index (χ3n) is 2.26. The molecule has 2 rings (SSSR count). The minimum absolute atomic E-state index is 0.0804. The molecule has 2 nitrogen and oxygen atoms in total. The largest absolute Gasteiger partial charge is 0.378 e. The van der Waals surface area contributed by atoms with Gasteiger partial charge in [-0.1, -0.05) is 17.7 Å². The summed E-state index contributed by atoms with van der Waals surface area (Å²) < 4.78 is 18.1. The van der Waals surface area contributed by atoms with Gasteiger partial charge in [0, 0.05) is 11.6 Å². The van der Waals surface area contributed by atoms with Crippen molar-refractivity contribution < 1.29 is 9.13 Å². The molecule has 1 saturated heterocycles. The molecule has 1 aliphatic heterocycles. The average Bonchev–Trinajstić information content (AvgIpc) is 2.19. The van der Waals surface area contributed by atoms with E-state index < -0.39 is 0 Å². The van der Waals surface area contributed by atoms with Crippen LogP contribution in [0.1, 0.15) is 11.6 Å². The Morgan fingerprint density at radius 1 is 1.50 bits per heavy atom. The molecule has 0 aromatic heterocycles. The Labute approximate surface area is 87.0 Å².